The van der Waals surface area contributed by atoms with Gasteiger partial charge in [0.2, 0.25) is 0 Å². The molecule has 3 heteroatoms. The number of rotatable bonds is 5. The quantitative estimate of drug-likeness (QED) is 0.488. The summed E-state index contributed by atoms with van der Waals surface area (Å²) in [5.74, 6) is 2.24. The highest BCUT2D eigenvalue weighted by molar-refractivity contribution is 8.03. The Morgan fingerprint density at radius 2 is 1.42 bits per heavy atom. The molecule has 0 heterocycles. The third-order valence-electron chi connectivity index (χ3n) is 2.88. The molecule has 0 aliphatic carbocycles. The van der Waals surface area contributed by atoms with Crippen molar-refractivity contribution in [2.45, 2.75) is 23.6 Å². The molecule has 2 aromatic carbocycles. The van der Waals surface area contributed by atoms with E-state index < -0.39 is 0 Å². The van der Waals surface area contributed by atoms with Gasteiger partial charge in [0.25, 0.3) is 0 Å². The van der Waals surface area contributed by atoms with Gasteiger partial charge in [-0.15, -0.1) is 23.5 Å². The van der Waals surface area contributed by atoms with Crippen LogP contribution in [0.1, 0.15) is 11.1 Å². The number of nitrogens with two attached hydrogens (primary N) is 1. The van der Waals surface area contributed by atoms with E-state index in [-0.39, 0.29) is 0 Å². The minimum absolute atomic E-state index is 0.874. The van der Waals surface area contributed by atoms with Gasteiger partial charge in [-0.05, 0) is 49.7 Å². The summed E-state index contributed by atoms with van der Waals surface area (Å²) < 4.78 is 0. The summed E-state index contributed by atoms with van der Waals surface area (Å²) >= 11 is 3.80. The maximum absolute atomic E-state index is 5.82. The second-order valence-corrected chi connectivity index (χ2v) is 6.87. The van der Waals surface area contributed by atoms with Gasteiger partial charge in [0.05, 0.1) is 0 Å². The molecule has 0 bridgehead atoms. The maximum Gasteiger partial charge on any atom is 0.0344 e. The van der Waals surface area contributed by atoms with Crippen molar-refractivity contribution in [2.75, 3.05) is 17.2 Å². The summed E-state index contributed by atoms with van der Waals surface area (Å²) in [4.78, 5) is 2.65. The second kappa shape index (κ2) is 6.92. The van der Waals surface area contributed by atoms with Crippen LogP contribution in [0.3, 0.4) is 0 Å². The van der Waals surface area contributed by atoms with E-state index in [2.05, 4.69) is 50.2 Å². The molecule has 0 spiro atoms. The molecule has 19 heavy (non-hydrogen) atoms. The third kappa shape index (κ3) is 4.51. The molecule has 0 aliphatic heterocycles. The van der Waals surface area contributed by atoms with Crippen molar-refractivity contribution in [2.24, 2.45) is 0 Å². The van der Waals surface area contributed by atoms with Gasteiger partial charge in [0, 0.05) is 27.0 Å². The van der Waals surface area contributed by atoms with Crippen molar-refractivity contribution >= 4 is 29.2 Å². The number of benzene rings is 2. The number of thioether (sulfide) groups is 2. The van der Waals surface area contributed by atoms with Crippen LogP contribution in [-0.2, 0) is 0 Å². The van der Waals surface area contributed by atoms with Gasteiger partial charge in [0.15, 0.2) is 0 Å². The number of hydrogen-bond donors (Lipinski definition) is 1. The number of anilines is 1. The van der Waals surface area contributed by atoms with Crippen LogP contribution in [-0.4, -0.2) is 11.5 Å². The van der Waals surface area contributed by atoms with Crippen molar-refractivity contribution < 1.29 is 0 Å². The van der Waals surface area contributed by atoms with E-state index in [9.17, 15) is 0 Å². The SMILES string of the molecule is Cc1ccc(SCCSc2ccc(N)c(C)c2)cc1. The molecular formula is C16H19NS2. The zero-order valence-electron chi connectivity index (χ0n) is 11.3. The molecule has 0 saturated heterocycles. The topological polar surface area (TPSA) is 26.0 Å². The lowest BCUT2D eigenvalue weighted by Gasteiger charge is -2.05. The second-order valence-electron chi connectivity index (χ2n) is 4.53. The lowest BCUT2D eigenvalue weighted by molar-refractivity contribution is 1.35. The van der Waals surface area contributed by atoms with Crippen LogP contribution in [0.4, 0.5) is 5.69 Å². The number of nitrogen functional groups attached to an aromatic ring is 1. The first-order valence-electron chi connectivity index (χ1n) is 6.33. The summed E-state index contributed by atoms with van der Waals surface area (Å²) in [5, 5.41) is 0. The van der Waals surface area contributed by atoms with Crippen molar-refractivity contribution in [3.63, 3.8) is 0 Å². The average molecular weight is 289 g/mol. The molecule has 0 radical (unpaired) electrons. The number of hydrogen-bond acceptors (Lipinski definition) is 3. The predicted molar refractivity (Wildman–Crippen MR) is 88.2 cm³/mol. The molecule has 1 nitrogen and oxygen atoms in total. The predicted octanol–water partition coefficient (Wildman–Crippen LogP) is 4.77. The fourth-order valence-electron chi connectivity index (χ4n) is 1.69. The van der Waals surface area contributed by atoms with Crippen LogP contribution in [0.15, 0.2) is 52.3 Å². The highest BCUT2D eigenvalue weighted by atomic mass is 32.2. The van der Waals surface area contributed by atoms with Crippen LogP contribution in [0.5, 0.6) is 0 Å². The highest BCUT2D eigenvalue weighted by Gasteiger charge is 1.99. The maximum atomic E-state index is 5.82. The zero-order valence-corrected chi connectivity index (χ0v) is 13.0. The Hall–Kier alpha value is -1.06. The zero-order chi connectivity index (χ0) is 13.7. The van der Waals surface area contributed by atoms with E-state index in [1.54, 1.807) is 0 Å². The minimum atomic E-state index is 0.874. The summed E-state index contributed by atoms with van der Waals surface area (Å²) in [6.45, 7) is 4.17. The van der Waals surface area contributed by atoms with Gasteiger partial charge in [0.1, 0.15) is 0 Å². The van der Waals surface area contributed by atoms with E-state index in [0.717, 1.165) is 22.8 Å². The highest BCUT2D eigenvalue weighted by Crippen LogP contribution is 2.25. The van der Waals surface area contributed by atoms with Crippen LogP contribution < -0.4 is 5.73 Å². The minimum Gasteiger partial charge on any atom is -0.399 e. The van der Waals surface area contributed by atoms with Gasteiger partial charge < -0.3 is 5.73 Å². The fraction of sp³-hybridized carbons (Fsp3) is 0.250. The molecule has 2 rings (SSSR count). The Morgan fingerprint density at radius 1 is 0.842 bits per heavy atom. The summed E-state index contributed by atoms with van der Waals surface area (Å²) in [6.07, 6.45) is 0. The first-order chi connectivity index (χ1) is 9.15. The van der Waals surface area contributed by atoms with Crippen LogP contribution in [0.25, 0.3) is 0 Å². The normalized spacial score (nSPS) is 10.6. The van der Waals surface area contributed by atoms with Crippen molar-refractivity contribution in [3.8, 4) is 0 Å². The summed E-state index contributed by atoms with van der Waals surface area (Å²) in [6, 6.07) is 15.0. The van der Waals surface area contributed by atoms with Gasteiger partial charge in [-0.3, -0.25) is 0 Å². The molecular weight excluding hydrogens is 270 g/mol. The van der Waals surface area contributed by atoms with Crippen LogP contribution in [0, 0.1) is 13.8 Å². The Morgan fingerprint density at radius 3 is 2.05 bits per heavy atom. The Bertz CT molecular complexity index is 535. The molecule has 0 aliphatic rings. The van der Waals surface area contributed by atoms with Crippen molar-refractivity contribution in [1.82, 2.24) is 0 Å². The molecule has 0 saturated carbocycles. The van der Waals surface area contributed by atoms with E-state index in [0.29, 0.717) is 0 Å². The van der Waals surface area contributed by atoms with E-state index in [1.807, 2.05) is 29.6 Å². The fourth-order valence-corrected chi connectivity index (χ4v) is 3.58. The van der Waals surface area contributed by atoms with Gasteiger partial charge in [-0.2, -0.15) is 0 Å². The first-order valence-corrected chi connectivity index (χ1v) is 8.30. The standard InChI is InChI=1S/C16H19NS2/c1-12-3-5-14(6-4-12)18-9-10-19-15-7-8-16(17)13(2)11-15/h3-8,11H,9-10,17H2,1-2H3. The van der Waals surface area contributed by atoms with Gasteiger partial charge >= 0.3 is 0 Å². The molecule has 0 atom stereocenters. The van der Waals surface area contributed by atoms with Crippen molar-refractivity contribution in [3.05, 3.63) is 53.6 Å². The molecule has 0 amide bonds. The van der Waals surface area contributed by atoms with Gasteiger partial charge in [-0.1, -0.05) is 17.7 Å². The molecule has 0 fully saturated rings. The summed E-state index contributed by atoms with van der Waals surface area (Å²) in [5.41, 5.74) is 9.17. The Kier molecular flexibility index (Phi) is 5.23. The molecule has 0 unspecified atom stereocenters. The smallest absolute Gasteiger partial charge is 0.0344 e. The first kappa shape index (κ1) is 14.4. The summed E-state index contributed by atoms with van der Waals surface area (Å²) in [7, 11) is 0. The van der Waals surface area contributed by atoms with E-state index >= 15 is 0 Å². The third-order valence-corrected chi connectivity index (χ3v) is 5.15. The molecule has 100 valence electrons. The lowest BCUT2D eigenvalue weighted by Crippen LogP contribution is -1.90. The molecule has 2 aromatic rings. The monoisotopic (exact) mass is 289 g/mol. The molecule has 2 N–H and O–H groups in total. The lowest BCUT2D eigenvalue weighted by atomic mass is 10.2. The number of aryl methyl sites for hydroxylation is 2. The van der Waals surface area contributed by atoms with Crippen LogP contribution >= 0.6 is 23.5 Å². The Labute approximate surface area is 124 Å². The molecule has 0 aromatic heterocycles. The largest absolute Gasteiger partial charge is 0.399 e. The van der Waals surface area contributed by atoms with Crippen molar-refractivity contribution in [1.29, 1.82) is 0 Å². The van der Waals surface area contributed by atoms with E-state index in [1.165, 1.54) is 15.4 Å². The Balaban J connectivity index is 1.77. The average Bonchev–Trinajstić information content (AvgIpc) is 2.41. The van der Waals surface area contributed by atoms with E-state index in [4.69, 9.17) is 5.73 Å². The van der Waals surface area contributed by atoms with Crippen LogP contribution in [0.2, 0.25) is 0 Å². The van der Waals surface area contributed by atoms with Gasteiger partial charge in [-0.25, -0.2) is 0 Å².